The van der Waals surface area contributed by atoms with Crippen LogP contribution >= 0.6 is 23.5 Å². The van der Waals surface area contributed by atoms with Crippen LogP contribution in [0.25, 0.3) is 10.9 Å². The molecule has 28 heavy (non-hydrogen) atoms. The van der Waals surface area contributed by atoms with Crippen molar-refractivity contribution in [1.29, 1.82) is 5.26 Å². The number of hydrogen-bond acceptors (Lipinski definition) is 7. The highest BCUT2D eigenvalue weighted by atomic mass is 35.5. The number of hydrogen-bond donors (Lipinski definition) is 3. The van der Waals surface area contributed by atoms with Crippen molar-refractivity contribution in [2.45, 2.75) is 13.3 Å². The summed E-state index contributed by atoms with van der Waals surface area (Å²) in [4.78, 5) is 21.0. The number of anilines is 3. The lowest BCUT2D eigenvalue weighted by molar-refractivity contribution is 0.102. The molecule has 7 nitrogen and oxygen atoms in total. The van der Waals surface area contributed by atoms with Gasteiger partial charge < -0.3 is 15.8 Å². The van der Waals surface area contributed by atoms with Gasteiger partial charge in [-0.15, -0.1) is 0 Å². The van der Waals surface area contributed by atoms with Crippen LogP contribution in [0.5, 0.6) is 0 Å². The third kappa shape index (κ3) is 3.96. The summed E-state index contributed by atoms with van der Waals surface area (Å²) in [5.41, 5.74) is 7.70. The Labute approximate surface area is 171 Å². The second-order valence-corrected chi connectivity index (χ2v) is 7.13. The van der Waals surface area contributed by atoms with Gasteiger partial charge in [-0.05, 0) is 30.7 Å². The van der Waals surface area contributed by atoms with E-state index in [1.54, 1.807) is 30.3 Å². The molecule has 0 saturated carbocycles. The molecule has 0 saturated heterocycles. The number of halogens is 1. The van der Waals surface area contributed by atoms with Crippen molar-refractivity contribution < 1.29 is 4.79 Å². The first-order valence-corrected chi connectivity index (χ1v) is 9.84. The zero-order chi connectivity index (χ0) is 20.1. The topological polar surface area (TPSA) is 117 Å². The second-order valence-electron chi connectivity index (χ2n) is 5.82. The Hall–Kier alpha value is -3.02. The van der Waals surface area contributed by atoms with Crippen LogP contribution in [0.15, 0.2) is 36.7 Å². The fraction of sp³-hybridized carbons (Fsp3) is 0.158. The number of rotatable bonds is 6. The molecule has 0 unspecified atom stereocenters. The van der Waals surface area contributed by atoms with Gasteiger partial charge in [0.1, 0.15) is 23.8 Å². The maximum Gasteiger partial charge on any atom is 0.257 e. The van der Waals surface area contributed by atoms with Crippen molar-refractivity contribution in [3.8, 4) is 6.07 Å². The van der Waals surface area contributed by atoms with Gasteiger partial charge in [0.05, 0.1) is 27.5 Å². The highest BCUT2D eigenvalue weighted by molar-refractivity contribution is 8.00. The summed E-state index contributed by atoms with van der Waals surface area (Å²) in [5, 5.41) is 13.2. The average molecular weight is 413 g/mol. The van der Waals surface area contributed by atoms with E-state index in [1.807, 2.05) is 0 Å². The minimum atomic E-state index is -0.444. The first kappa shape index (κ1) is 19.7. The Morgan fingerprint density at radius 2 is 2.14 bits per heavy atom. The van der Waals surface area contributed by atoms with E-state index in [4.69, 9.17) is 17.3 Å². The number of carbonyl (C=O) groups is 1. The predicted octanol–water partition coefficient (Wildman–Crippen LogP) is 4.46. The lowest BCUT2D eigenvalue weighted by Gasteiger charge is -2.14. The lowest BCUT2D eigenvalue weighted by Crippen LogP contribution is -2.15. The second kappa shape index (κ2) is 8.78. The van der Waals surface area contributed by atoms with E-state index in [9.17, 15) is 10.1 Å². The van der Waals surface area contributed by atoms with E-state index in [0.717, 1.165) is 12.2 Å². The molecule has 0 aliphatic rings. The molecular weight excluding hydrogens is 396 g/mol. The van der Waals surface area contributed by atoms with E-state index in [1.165, 1.54) is 18.3 Å². The fourth-order valence-electron chi connectivity index (χ4n) is 2.60. The minimum absolute atomic E-state index is 0.246. The molecule has 0 spiro atoms. The first-order chi connectivity index (χ1) is 13.6. The molecule has 1 heterocycles. The number of carbonyl (C=O) groups excluding carboxylic acids is 1. The Balaban J connectivity index is 1.98. The third-order valence-electron chi connectivity index (χ3n) is 3.93. The number of nitrogens with zero attached hydrogens (tertiary/aromatic N) is 3. The molecule has 0 aliphatic heterocycles. The van der Waals surface area contributed by atoms with Crippen LogP contribution in [0.4, 0.5) is 17.2 Å². The Morgan fingerprint density at radius 1 is 1.32 bits per heavy atom. The van der Waals surface area contributed by atoms with E-state index < -0.39 is 5.91 Å². The van der Waals surface area contributed by atoms with Crippen LogP contribution in [0, 0.1) is 11.3 Å². The number of amides is 1. The Bertz CT molecular complexity index is 1080. The van der Waals surface area contributed by atoms with Gasteiger partial charge in [0.2, 0.25) is 0 Å². The van der Waals surface area contributed by atoms with Gasteiger partial charge in [-0.1, -0.05) is 36.5 Å². The Kier molecular flexibility index (Phi) is 6.19. The van der Waals surface area contributed by atoms with E-state index in [-0.39, 0.29) is 22.1 Å². The average Bonchev–Trinajstić information content (AvgIpc) is 2.70. The largest absolute Gasteiger partial charge is 0.383 e. The van der Waals surface area contributed by atoms with E-state index >= 15 is 0 Å². The molecule has 9 heteroatoms. The zero-order valence-electron chi connectivity index (χ0n) is 15.0. The normalized spacial score (nSPS) is 10.5. The molecule has 1 amide bonds. The van der Waals surface area contributed by atoms with Gasteiger partial charge in [-0.2, -0.15) is 5.26 Å². The van der Waals surface area contributed by atoms with Gasteiger partial charge >= 0.3 is 0 Å². The maximum absolute atomic E-state index is 12.9. The van der Waals surface area contributed by atoms with E-state index in [0.29, 0.717) is 22.2 Å². The maximum atomic E-state index is 12.9. The number of fused-ring (bicyclic) bond motifs is 1. The summed E-state index contributed by atoms with van der Waals surface area (Å²) in [6, 6.07) is 10.5. The number of nitrogens with one attached hydrogen (secondary N) is 2. The summed E-state index contributed by atoms with van der Waals surface area (Å²) in [6.07, 6.45) is 2.29. The van der Waals surface area contributed by atoms with Crippen molar-refractivity contribution in [3.05, 3.63) is 52.8 Å². The molecule has 0 fully saturated rings. The van der Waals surface area contributed by atoms with Crippen LogP contribution in [0.2, 0.25) is 5.02 Å². The van der Waals surface area contributed by atoms with Crippen molar-refractivity contribution in [2.24, 2.45) is 0 Å². The fourth-order valence-corrected chi connectivity index (χ4v) is 3.44. The molecule has 0 radical (unpaired) electrons. The molecule has 0 aliphatic carbocycles. The van der Waals surface area contributed by atoms with Crippen molar-refractivity contribution in [3.63, 3.8) is 0 Å². The molecule has 2 aromatic carbocycles. The monoisotopic (exact) mass is 412 g/mol. The highest BCUT2D eigenvalue weighted by Gasteiger charge is 2.18. The molecule has 142 valence electrons. The number of nitrogens with two attached hydrogens (primary N) is 1. The zero-order valence-corrected chi connectivity index (χ0v) is 16.6. The number of benzene rings is 2. The van der Waals surface area contributed by atoms with Crippen molar-refractivity contribution in [2.75, 3.05) is 21.5 Å². The van der Waals surface area contributed by atoms with Gasteiger partial charge in [-0.25, -0.2) is 9.97 Å². The van der Waals surface area contributed by atoms with Gasteiger partial charge in [0, 0.05) is 11.1 Å². The van der Waals surface area contributed by atoms with E-state index in [2.05, 4.69) is 33.0 Å². The molecule has 3 aromatic rings. The van der Waals surface area contributed by atoms with Crippen LogP contribution < -0.4 is 15.8 Å². The smallest absolute Gasteiger partial charge is 0.257 e. The first-order valence-electron chi connectivity index (χ1n) is 8.47. The van der Waals surface area contributed by atoms with Gasteiger partial charge in [0.15, 0.2) is 0 Å². The summed E-state index contributed by atoms with van der Waals surface area (Å²) < 4.78 is 3.13. The quantitative estimate of drug-likeness (QED) is 0.404. The molecule has 4 N–H and O–H groups in total. The Morgan fingerprint density at radius 3 is 2.89 bits per heavy atom. The predicted molar refractivity (Wildman–Crippen MR) is 114 cm³/mol. The van der Waals surface area contributed by atoms with Gasteiger partial charge in [0.25, 0.3) is 5.91 Å². The van der Waals surface area contributed by atoms with Crippen LogP contribution in [-0.2, 0) is 0 Å². The number of aromatic nitrogens is 2. The standard InChI is InChI=1S/C19H17ClN6OS/c1-2-8-28-26-15-7-6-14(20)17(13(15)9-21)25-19(27)12-5-3-4-11-16(12)23-10-24-18(11)22/h3-7,10,26H,2,8H2,1H3,(H,25,27)(H2,22,23,24). The summed E-state index contributed by atoms with van der Waals surface area (Å²) >= 11 is 7.75. The molecular formula is C19H17ClN6OS. The summed E-state index contributed by atoms with van der Waals surface area (Å²) in [5.74, 6) is 0.724. The van der Waals surface area contributed by atoms with Crippen LogP contribution in [0.3, 0.4) is 0 Å². The third-order valence-corrected chi connectivity index (χ3v) is 5.22. The lowest BCUT2D eigenvalue weighted by atomic mass is 10.1. The molecule has 3 rings (SSSR count). The highest BCUT2D eigenvalue weighted by Crippen LogP contribution is 2.33. The summed E-state index contributed by atoms with van der Waals surface area (Å²) in [7, 11) is 0. The molecule has 1 aromatic heterocycles. The van der Waals surface area contributed by atoms with Crippen LogP contribution in [0.1, 0.15) is 29.3 Å². The number of nitrogen functional groups attached to an aromatic ring is 1. The minimum Gasteiger partial charge on any atom is -0.383 e. The van der Waals surface area contributed by atoms with Crippen LogP contribution in [-0.4, -0.2) is 21.6 Å². The molecule has 0 atom stereocenters. The molecule has 0 bridgehead atoms. The SMILES string of the molecule is CCCSNc1ccc(Cl)c(NC(=O)c2cccc3c(N)ncnc23)c1C#N. The van der Waals surface area contributed by atoms with Crippen molar-refractivity contribution in [1.82, 2.24) is 9.97 Å². The number of para-hydroxylation sites is 1. The van der Waals surface area contributed by atoms with Crippen molar-refractivity contribution >= 4 is 57.6 Å². The van der Waals surface area contributed by atoms with Gasteiger partial charge in [-0.3, -0.25) is 4.79 Å². The summed E-state index contributed by atoms with van der Waals surface area (Å²) in [6.45, 7) is 2.06. The number of nitriles is 1.